The van der Waals surface area contributed by atoms with Gasteiger partial charge in [-0.1, -0.05) is 11.6 Å². The van der Waals surface area contributed by atoms with E-state index in [1.54, 1.807) is 12.1 Å². The molecule has 88 valence electrons. The van der Waals surface area contributed by atoms with Crippen LogP contribution in [0.3, 0.4) is 0 Å². The minimum Gasteiger partial charge on any atom is -0.373 e. The summed E-state index contributed by atoms with van der Waals surface area (Å²) in [5.74, 6) is -0.0866. The van der Waals surface area contributed by atoms with E-state index >= 15 is 0 Å². The third-order valence-corrected chi connectivity index (χ3v) is 3.25. The fourth-order valence-electron chi connectivity index (χ4n) is 2.16. The van der Waals surface area contributed by atoms with Gasteiger partial charge in [0.15, 0.2) is 0 Å². The molecule has 4 heteroatoms. The van der Waals surface area contributed by atoms with Crippen molar-refractivity contribution in [1.82, 2.24) is 0 Å². The number of nitrogens with two attached hydrogens (primary N) is 1. The van der Waals surface area contributed by atoms with E-state index in [0.29, 0.717) is 23.7 Å². The first-order valence-electron chi connectivity index (χ1n) is 5.49. The molecule has 0 radical (unpaired) electrons. The first-order chi connectivity index (χ1) is 7.72. The van der Waals surface area contributed by atoms with Crippen LogP contribution < -0.4 is 5.73 Å². The summed E-state index contributed by atoms with van der Waals surface area (Å²) in [6, 6.07) is 4.55. The van der Waals surface area contributed by atoms with Crippen molar-refractivity contribution < 1.29 is 9.13 Å². The lowest BCUT2D eigenvalue weighted by Crippen LogP contribution is -2.29. The number of rotatable bonds is 2. The molecular weight excluding hydrogens is 229 g/mol. The van der Waals surface area contributed by atoms with Gasteiger partial charge in [0.1, 0.15) is 5.82 Å². The molecule has 2 rings (SSSR count). The Morgan fingerprint density at radius 1 is 1.50 bits per heavy atom. The summed E-state index contributed by atoms with van der Waals surface area (Å²) in [5.41, 5.74) is 6.21. The van der Waals surface area contributed by atoms with Gasteiger partial charge in [-0.05, 0) is 37.6 Å². The topological polar surface area (TPSA) is 35.2 Å². The summed E-state index contributed by atoms with van der Waals surface area (Å²) in [6.07, 6.45) is 1.71. The van der Waals surface area contributed by atoms with Crippen LogP contribution in [-0.2, 0) is 4.74 Å². The van der Waals surface area contributed by atoms with Crippen LogP contribution in [0.15, 0.2) is 18.2 Å². The van der Waals surface area contributed by atoms with Crippen LogP contribution in [-0.4, -0.2) is 13.2 Å². The summed E-state index contributed by atoms with van der Waals surface area (Å²) >= 11 is 5.87. The predicted molar refractivity (Wildman–Crippen MR) is 61.9 cm³/mol. The molecule has 1 fully saturated rings. The first-order valence-corrected chi connectivity index (χ1v) is 5.87. The van der Waals surface area contributed by atoms with Gasteiger partial charge in [0.2, 0.25) is 0 Å². The van der Waals surface area contributed by atoms with Crippen LogP contribution in [0.1, 0.15) is 24.5 Å². The Hall–Kier alpha value is -0.640. The molecule has 2 nitrogen and oxygen atoms in total. The quantitative estimate of drug-likeness (QED) is 0.867. The number of hydrogen-bond donors (Lipinski definition) is 1. The molecule has 0 amide bonds. The molecule has 1 aliphatic rings. The fourth-order valence-corrected chi connectivity index (χ4v) is 2.34. The normalized spacial score (nSPS) is 25.7. The van der Waals surface area contributed by atoms with Gasteiger partial charge < -0.3 is 10.5 Å². The van der Waals surface area contributed by atoms with E-state index in [-0.39, 0.29) is 17.8 Å². The Balaban J connectivity index is 2.30. The number of benzene rings is 1. The molecular formula is C12H15ClFNO. The average molecular weight is 244 g/mol. The highest BCUT2D eigenvalue weighted by Gasteiger charge is 2.28. The summed E-state index contributed by atoms with van der Waals surface area (Å²) in [4.78, 5) is 0. The lowest BCUT2D eigenvalue weighted by Gasteiger charge is -2.31. The molecule has 16 heavy (non-hydrogen) atoms. The zero-order valence-corrected chi connectivity index (χ0v) is 9.71. The molecule has 2 atom stereocenters. The minimum atomic E-state index is -0.269. The molecule has 0 aromatic heterocycles. The first kappa shape index (κ1) is 11.8. The standard InChI is InChI=1S/C12H15ClFNO/c13-9-3-4-11(14)10(6-9)12-8(7-15)2-1-5-16-12/h3-4,6,8,12H,1-2,5,7,15H2. The Bertz CT molecular complexity index is 372. The van der Waals surface area contributed by atoms with Crippen molar-refractivity contribution in [3.8, 4) is 0 Å². The highest BCUT2D eigenvalue weighted by molar-refractivity contribution is 6.30. The molecule has 0 bridgehead atoms. The lowest BCUT2D eigenvalue weighted by atomic mass is 9.89. The molecule has 2 N–H and O–H groups in total. The molecule has 0 spiro atoms. The number of ether oxygens (including phenoxy) is 1. The van der Waals surface area contributed by atoms with Crippen LogP contribution in [0.4, 0.5) is 4.39 Å². The molecule has 1 aromatic carbocycles. The van der Waals surface area contributed by atoms with E-state index < -0.39 is 0 Å². The van der Waals surface area contributed by atoms with E-state index in [9.17, 15) is 4.39 Å². The zero-order chi connectivity index (χ0) is 11.5. The number of hydrogen-bond acceptors (Lipinski definition) is 2. The van der Waals surface area contributed by atoms with E-state index in [0.717, 1.165) is 12.8 Å². The molecule has 0 saturated carbocycles. The van der Waals surface area contributed by atoms with Crippen LogP contribution in [0.25, 0.3) is 0 Å². The molecule has 0 aliphatic carbocycles. The second kappa shape index (κ2) is 5.13. The second-order valence-corrected chi connectivity index (χ2v) is 4.53. The molecule has 1 saturated heterocycles. The summed E-state index contributed by atoms with van der Waals surface area (Å²) in [5, 5.41) is 0.529. The Morgan fingerprint density at radius 2 is 2.31 bits per heavy atom. The van der Waals surface area contributed by atoms with E-state index in [1.807, 2.05) is 0 Å². The average Bonchev–Trinajstić information content (AvgIpc) is 2.32. The Morgan fingerprint density at radius 3 is 3.06 bits per heavy atom. The maximum atomic E-state index is 13.7. The van der Waals surface area contributed by atoms with Crippen LogP contribution in [0.2, 0.25) is 5.02 Å². The number of halogens is 2. The summed E-state index contributed by atoms with van der Waals surface area (Å²) in [6.45, 7) is 1.17. The van der Waals surface area contributed by atoms with Crippen molar-refractivity contribution in [3.05, 3.63) is 34.6 Å². The fraction of sp³-hybridized carbons (Fsp3) is 0.500. The van der Waals surface area contributed by atoms with Gasteiger partial charge in [0.05, 0.1) is 6.10 Å². The lowest BCUT2D eigenvalue weighted by molar-refractivity contribution is -0.0270. The maximum Gasteiger partial charge on any atom is 0.129 e. The van der Waals surface area contributed by atoms with Gasteiger partial charge in [0, 0.05) is 23.1 Å². The van der Waals surface area contributed by atoms with Crippen molar-refractivity contribution in [2.45, 2.75) is 18.9 Å². The Kier molecular flexibility index (Phi) is 3.79. The summed E-state index contributed by atoms with van der Waals surface area (Å²) < 4.78 is 19.3. The monoisotopic (exact) mass is 243 g/mol. The second-order valence-electron chi connectivity index (χ2n) is 4.10. The van der Waals surface area contributed by atoms with Crippen molar-refractivity contribution in [1.29, 1.82) is 0 Å². The van der Waals surface area contributed by atoms with Gasteiger partial charge in [-0.25, -0.2) is 4.39 Å². The third-order valence-electron chi connectivity index (χ3n) is 3.01. The molecule has 1 heterocycles. The molecule has 1 aliphatic heterocycles. The highest BCUT2D eigenvalue weighted by Crippen LogP contribution is 2.35. The predicted octanol–water partition coefficient (Wildman–Crippen LogP) is 2.91. The van der Waals surface area contributed by atoms with Crippen molar-refractivity contribution in [2.75, 3.05) is 13.2 Å². The minimum absolute atomic E-state index is 0.182. The van der Waals surface area contributed by atoms with Gasteiger partial charge in [-0.15, -0.1) is 0 Å². The van der Waals surface area contributed by atoms with Crippen molar-refractivity contribution in [3.63, 3.8) is 0 Å². The van der Waals surface area contributed by atoms with Crippen molar-refractivity contribution in [2.24, 2.45) is 11.7 Å². The highest BCUT2D eigenvalue weighted by atomic mass is 35.5. The van der Waals surface area contributed by atoms with E-state index in [4.69, 9.17) is 22.1 Å². The van der Waals surface area contributed by atoms with Crippen LogP contribution >= 0.6 is 11.6 Å². The van der Waals surface area contributed by atoms with Crippen LogP contribution in [0, 0.1) is 11.7 Å². The van der Waals surface area contributed by atoms with Gasteiger partial charge >= 0.3 is 0 Å². The maximum absolute atomic E-state index is 13.7. The summed E-state index contributed by atoms with van der Waals surface area (Å²) in [7, 11) is 0. The van der Waals surface area contributed by atoms with Crippen molar-refractivity contribution >= 4 is 11.6 Å². The van der Waals surface area contributed by atoms with E-state index in [2.05, 4.69) is 0 Å². The van der Waals surface area contributed by atoms with E-state index in [1.165, 1.54) is 6.07 Å². The molecule has 2 unspecified atom stereocenters. The Labute approximate surface area is 99.5 Å². The van der Waals surface area contributed by atoms with Crippen LogP contribution in [0.5, 0.6) is 0 Å². The largest absolute Gasteiger partial charge is 0.373 e. The molecule has 1 aromatic rings. The SMILES string of the molecule is NCC1CCCOC1c1cc(Cl)ccc1F. The van der Waals surface area contributed by atoms with Gasteiger partial charge in [-0.2, -0.15) is 0 Å². The smallest absolute Gasteiger partial charge is 0.129 e. The zero-order valence-electron chi connectivity index (χ0n) is 8.96. The van der Waals surface area contributed by atoms with Gasteiger partial charge in [0.25, 0.3) is 0 Å². The third kappa shape index (κ3) is 2.37. The van der Waals surface area contributed by atoms with Gasteiger partial charge in [-0.3, -0.25) is 0 Å².